The predicted octanol–water partition coefficient (Wildman–Crippen LogP) is 2.91. The highest BCUT2D eigenvalue weighted by Crippen LogP contribution is 2.27. The molecule has 0 saturated carbocycles. The molecule has 0 heterocycles. The van der Waals surface area contributed by atoms with Crippen LogP contribution in [-0.2, 0) is 4.74 Å². The van der Waals surface area contributed by atoms with Crippen molar-refractivity contribution in [3.8, 4) is 5.75 Å². The number of nitrogens with one attached hydrogen (secondary N) is 1. The van der Waals surface area contributed by atoms with Crippen molar-refractivity contribution < 1.29 is 14.6 Å². The molecule has 1 aromatic carbocycles. The number of hydrogen-bond acceptors (Lipinski definition) is 4. The van der Waals surface area contributed by atoms with Crippen LogP contribution in [0.1, 0.15) is 45.7 Å². The molecule has 2 unspecified atom stereocenters. The number of ether oxygens (including phenoxy) is 2. The second-order valence-electron chi connectivity index (χ2n) is 5.40. The molecule has 0 bridgehead atoms. The molecule has 2 N–H and O–H groups in total. The Hall–Kier alpha value is -1.10. The number of aliphatic hydroxyl groups excluding tert-OH is 1. The third kappa shape index (κ3) is 6.46. The minimum atomic E-state index is -0.611. The van der Waals surface area contributed by atoms with Gasteiger partial charge in [0.05, 0.1) is 12.7 Å². The molecule has 2 atom stereocenters. The normalized spacial score (nSPS) is 14.2. The summed E-state index contributed by atoms with van der Waals surface area (Å²) in [5, 5.41) is 13.3. The van der Waals surface area contributed by atoms with Crippen molar-refractivity contribution in [2.45, 2.75) is 52.4 Å². The van der Waals surface area contributed by atoms with E-state index in [-0.39, 0.29) is 18.8 Å². The Balaban J connectivity index is 2.62. The summed E-state index contributed by atoms with van der Waals surface area (Å²) in [7, 11) is 0. The smallest absolute Gasteiger partial charge is 0.124 e. The molecule has 0 radical (unpaired) electrons. The first-order valence-corrected chi connectivity index (χ1v) is 7.83. The lowest BCUT2D eigenvalue weighted by atomic mass is 10.0. The van der Waals surface area contributed by atoms with Gasteiger partial charge in [-0.25, -0.2) is 0 Å². The minimum Gasteiger partial charge on any atom is -0.490 e. The summed E-state index contributed by atoms with van der Waals surface area (Å²) < 4.78 is 11.2. The fraction of sp³-hybridized carbons (Fsp3) is 0.647. The Bertz CT molecular complexity index is 395. The second kappa shape index (κ2) is 9.77. The lowest BCUT2D eigenvalue weighted by Crippen LogP contribution is -2.26. The van der Waals surface area contributed by atoms with Gasteiger partial charge in [-0.15, -0.1) is 0 Å². The van der Waals surface area contributed by atoms with Crippen LogP contribution in [0.2, 0.25) is 0 Å². The average molecular weight is 295 g/mol. The zero-order valence-corrected chi connectivity index (χ0v) is 13.6. The first-order chi connectivity index (χ1) is 10.1. The van der Waals surface area contributed by atoms with Gasteiger partial charge in [0.25, 0.3) is 0 Å². The summed E-state index contributed by atoms with van der Waals surface area (Å²) in [6.45, 7) is 9.60. The Morgan fingerprint density at radius 3 is 2.48 bits per heavy atom. The van der Waals surface area contributed by atoms with E-state index in [9.17, 15) is 5.11 Å². The van der Waals surface area contributed by atoms with Crippen molar-refractivity contribution in [1.29, 1.82) is 0 Å². The van der Waals surface area contributed by atoms with E-state index >= 15 is 0 Å². The molecule has 21 heavy (non-hydrogen) atoms. The van der Waals surface area contributed by atoms with E-state index in [0.717, 1.165) is 24.3 Å². The summed E-state index contributed by atoms with van der Waals surface area (Å²) >= 11 is 0. The van der Waals surface area contributed by atoms with Crippen LogP contribution in [0.25, 0.3) is 0 Å². The number of rotatable bonds is 10. The molecule has 0 saturated heterocycles. The fourth-order valence-electron chi connectivity index (χ4n) is 2.16. The molecule has 4 heteroatoms. The molecule has 1 aromatic rings. The van der Waals surface area contributed by atoms with Crippen LogP contribution >= 0.6 is 0 Å². The minimum absolute atomic E-state index is 0.116. The zero-order chi connectivity index (χ0) is 15.7. The second-order valence-corrected chi connectivity index (χ2v) is 5.40. The molecule has 1 rings (SSSR count). The maximum Gasteiger partial charge on any atom is 0.124 e. The van der Waals surface area contributed by atoms with Crippen LogP contribution in [0.4, 0.5) is 0 Å². The van der Waals surface area contributed by atoms with E-state index in [1.54, 1.807) is 0 Å². The van der Waals surface area contributed by atoms with Crippen LogP contribution in [0, 0.1) is 0 Å². The molecule has 0 amide bonds. The highest BCUT2D eigenvalue weighted by molar-refractivity contribution is 5.36. The maximum atomic E-state index is 9.88. The van der Waals surface area contributed by atoms with Gasteiger partial charge < -0.3 is 19.9 Å². The van der Waals surface area contributed by atoms with Gasteiger partial charge in [-0.2, -0.15) is 0 Å². The van der Waals surface area contributed by atoms with Gasteiger partial charge in [0.2, 0.25) is 0 Å². The van der Waals surface area contributed by atoms with Gasteiger partial charge in [-0.1, -0.05) is 32.0 Å². The lowest BCUT2D eigenvalue weighted by molar-refractivity contribution is -0.0124. The number of hydrogen-bond donors (Lipinski definition) is 2. The molecule has 0 aliphatic heterocycles. The highest BCUT2D eigenvalue weighted by Gasteiger charge is 2.14. The van der Waals surface area contributed by atoms with Crippen molar-refractivity contribution in [3.63, 3.8) is 0 Å². The predicted molar refractivity (Wildman–Crippen MR) is 85.7 cm³/mol. The van der Waals surface area contributed by atoms with E-state index in [4.69, 9.17) is 9.47 Å². The third-order valence-electron chi connectivity index (χ3n) is 3.21. The summed E-state index contributed by atoms with van der Waals surface area (Å²) in [4.78, 5) is 0. The van der Waals surface area contributed by atoms with Gasteiger partial charge >= 0.3 is 0 Å². The Kier molecular flexibility index (Phi) is 8.35. The fourth-order valence-corrected chi connectivity index (χ4v) is 2.16. The number of para-hydroxylation sites is 1. The van der Waals surface area contributed by atoms with E-state index < -0.39 is 6.10 Å². The van der Waals surface area contributed by atoms with Crippen molar-refractivity contribution in [2.24, 2.45) is 0 Å². The number of aliphatic hydroxyl groups is 1. The van der Waals surface area contributed by atoms with Gasteiger partial charge in [-0.3, -0.25) is 0 Å². The Morgan fingerprint density at radius 1 is 1.14 bits per heavy atom. The first-order valence-electron chi connectivity index (χ1n) is 7.83. The largest absolute Gasteiger partial charge is 0.490 e. The number of benzene rings is 1. The molecular formula is C17H29NO3. The quantitative estimate of drug-likeness (QED) is 0.697. The van der Waals surface area contributed by atoms with E-state index in [0.29, 0.717) is 6.61 Å². The van der Waals surface area contributed by atoms with E-state index in [1.807, 2.05) is 32.0 Å². The molecule has 120 valence electrons. The first kappa shape index (κ1) is 18.0. The monoisotopic (exact) mass is 295 g/mol. The van der Waals surface area contributed by atoms with Gasteiger partial charge in [0, 0.05) is 11.6 Å². The average Bonchev–Trinajstić information content (AvgIpc) is 2.49. The molecular weight excluding hydrogens is 266 g/mol. The van der Waals surface area contributed by atoms with Crippen molar-refractivity contribution >= 4 is 0 Å². The van der Waals surface area contributed by atoms with Gasteiger partial charge in [0.1, 0.15) is 18.5 Å². The van der Waals surface area contributed by atoms with Crippen molar-refractivity contribution in [1.82, 2.24) is 5.32 Å². The molecule has 0 spiro atoms. The van der Waals surface area contributed by atoms with Crippen LogP contribution in [-0.4, -0.2) is 37.1 Å². The molecule has 0 fully saturated rings. The Morgan fingerprint density at radius 2 is 1.86 bits per heavy atom. The highest BCUT2D eigenvalue weighted by atomic mass is 16.5. The van der Waals surface area contributed by atoms with E-state index in [2.05, 4.69) is 25.2 Å². The topological polar surface area (TPSA) is 50.7 Å². The Labute approximate surface area is 128 Å². The SMILES string of the molecule is CCNC(CC)c1ccccc1OCC(O)COC(C)C. The van der Waals surface area contributed by atoms with Gasteiger partial charge in [-0.05, 0) is 32.9 Å². The molecule has 0 aromatic heterocycles. The van der Waals surface area contributed by atoms with Crippen LogP contribution < -0.4 is 10.1 Å². The summed E-state index contributed by atoms with van der Waals surface area (Å²) in [6.07, 6.45) is 0.498. The summed E-state index contributed by atoms with van der Waals surface area (Å²) in [5.74, 6) is 0.828. The zero-order valence-electron chi connectivity index (χ0n) is 13.6. The van der Waals surface area contributed by atoms with Crippen LogP contribution in [0.3, 0.4) is 0 Å². The van der Waals surface area contributed by atoms with Crippen LogP contribution in [0.15, 0.2) is 24.3 Å². The van der Waals surface area contributed by atoms with Crippen molar-refractivity contribution in [3.05, 3.63) is 29.8 Å². The van der Waals surface area contributed by atoms with Crippen LogP contribution in [0.5, 0.6) is 5.75 Å². The maximum absolute atomic E-state index is 9.88. The van der Waals surface area contributed by atoms with Gasteiger partial charge in [0.15, 0.2) is 0 Å². The standard InChI is InChI=1S/C17H29NO3/c1-5-16(18-6-2)15-9-7-8-10-17(15)21-12-14(19)11-20-13(3)4/h7-10,13-14,16,18-19H,5-6,11-12H2,1-4H3. The van der Waals surface area contributed by atoms with E-state index in [1.165, 1.54) is 0 Å². The third-order valence-corrected chi connectivity index (χ3v) is 3.21. The lowest BCUT2D eigenvalue weighted by Gasteiger charge is -2.21. The summed E-state index contributed by atoms with van der Waals surface area (Å²) in [5.41, 5.74) is 1.14. The molecule has 0 aliphatic rings. The molecule has 4 nitrogen and oxygen atoms in total. The molecule has 0 aliphatic carbocycles. The van der Waals surface area contributed by atoms with Crippen molar-refractivity contribution in [2.75, 3.05) is 19.8 Å². The summed E-state index contributed by atoms with van der Waals surface area (Å²) in [6, 6.07) is 8.26.